The van der Waals surface area contributed by atoms with E-state index in [0.29, 0.717) is 0 Å². The molecule has 0 aromatic heterocycles. The van der Waals surface area contributed by atoms with Crippen molar-refractivity contribution < 1.29 is 0 Å². The van der Waals surface area contributed by atoms with Crippen molar-refractivity contribution in [2.45, 2.75) is 12.8 Å². The zero-order valence-corrected chi connectivity index (χ0v) is 37.6. The molecular weight excluding hydrogens is 1270 g/mol. The van der Waals surface area contributed by atoms with E-state index in [0.717, 1.165) is 66.5 Å². The van der Waals surface area contributed by atoms with Gasteiger partial charge in [-0.3, -0.25) is 0 Å². The van der Waals surface area contributed by atoms with Crippen LogP contribution < -0.4 is 0 Å². The van der Waals surface area contributed by atoms with Crippen molar-refractivity contribution in [1.29, 1.82) is 0 Å². The monoisotopic (exact) mass is 1270 g/mol. The first-order chi connectivity index (χ1) is 17.8. The maximum Gasteiger partial charge on any atom is 0.0482 e. The molecule has 0 nitrogen and oxygen atoms in total. The molecule has 0 aliphatic carbocycles. The molecule has 12 heteroatoms. The lowest BCUT2D eigenvalue weighted by Crippen LogP contribution is -1.99. The Morgan fingerprint density at radius 3 is 0.737 bits per heavy atom. The van der Waals surface area contributed by atoms with Crippen LogP contribution in [0.3, 0.4) is 0 Å². The van der Waals surface area contributed by atoms with Gasteiger partial charge in [-0.2, -0.15) is 0 Å². The van der Waals surface area contributed by atoms with Crippen LogP contribution >= 0.6 is 191 Å². The van der Waals surface area contributed by atoms with Crippen LogP contribution in [0.15, 0.2) is 102 Å². The first-order valence-electron chi connectivity index (χ1n) is 10.4. The standard InChI is InChI=1S/C14H4Br10.C12H8Br2/c15-5-3(6(16)10(20)13(23)9(5)19)1-2-4-7(17)11(21)14(24)12(22)8(4)18;13-11-5-1-9(2-6-11)10-3-7-12(14)8-4-10/h1-2H2;1-8H. The lowest BCUT2D eigenvalue weighted by molar-refractivity contribution is 0.930. The third-order valence-electron chi connectivity index (χ3n) is 5.25. The molecule has 0 fully saturated rings. The van der Waals surface area contributed by atoms with E-state index in [-0.39, 0.29) is 0 Å². The van der Waals surface area contributed by atoms with Gasteiger partial charge in [0.25, 0.3) is 0 Å². The Morgan fingerprint density at radius 2 is 0.500 bits per heavy atom. The molecular formula is C26H12Br12. The van der Waals surface area contributed by atoms with E-state index in [2.05, 4.69) is 240 Å². The second-order valence-corrected chi connectivity index (χ2v) is 17.4. The molecule has 4 aromatic carbocycles. The average Bonchev–Trinajstić information content (AvgIpc) is 2.91. The summed E-state index contributed by atoms with van der Waals surface area (Å²) in [7, 11) is 0. The van der Waals surface area contributed by atoms with Crippen molar-refractivity contribution in [2.75, 3.05) is 0 Å². The third kappa shape index (κ3) is 8.63. The maximum absolute atomic E-state index is 3.69. The van der Waals surface area contributed by atoms with E-state index in [9.17, 15) is 0 Å². The van der Waals surface area contributed by atoms with Crippen LogP contribution in [0, 0.1) is 0 Å². The molecule has 0 unspecified atom stereocenters. The molecule has 38 heavy (non-hydrogen) atoms. The van der Waals surface area contributed by atoms with Crippen LogP contribution in [0.2, 0.25) is 0 Å². The van der Waals surface area contributed by atoms with Gasteiger partial charge in [0.1, 0.15) is 0 Å². The lowest BCUT2D eigenvalue weighted by Gasteiger charge is -2.16. The fourth-order valence-electron chi connectivity index (χ4n) is 3.27. The predicted octanol–water partition coefficient (Wildman–Crippen LogP) is 16.0. The van der Waals surface area contributed by atoms with E-state index in [1.165, 1.54) is 22.3 Å². The zero-order valence-electron chi connectivity index (χ0n) is 18.6. The summed E-state index contributed by atoms with van der Waals surface area (Å²) in [6.45, 7) is 0. The van der Waals surface area contributed by atoms with Crippen molar-refractivity contribution >= 4 is 191 Å². The topological polar surface area (TPSA) is 0 Å². The fourth-order valence-corrected chi connectivity index (χ4v) is 10.9. The summed E-state index contributed by atoms with van der Waals surface area (Å²) >= 11 is 43.2. The second-order valence-electron chi connectivity index (χ2n) is 7.61. The number of rotatable bonds is 4. The molecule has 0 heterocycles. The van der Waals surface area contributed by atoms with Crippen LogP contribution in [0.25, 0.3) is 11.1 Å². The summed E-state index contributed by atoms with van der Waals surface area (Å²) in [4.78, 5) is 0. The van der Waals surface area contributed by atoms with Crippen LogP contribution in [0.4, 0.5) is 0 Å². The summed E-state index contributed by atoms with van der Waals surface area (Å²) in [6, 6.07) is 16.6. The van der Waals surface area contributed by atoms with E-state index >= 15 is 0 Å². The molecule has 0 saturated carbocycles. The molecule has 0 radical (unpaired) electrons. The number of hydrogen-bond donors (Lipinski definition) is 0. The van der Waals surface area contributed by atoms with Crippen molar-refractivity contribution in [3.05, 3.63) is 113 Å². The Labute approximate surface area is 323 Å². The minimum absolute atomic E-state index is 0.851. The van der Waals surface area contributed by atoms with Gasteiger partial charge in [-0.05, 0) is 219 Å². The Bertz CT molecular complexity index is 1290. The summed E-state index contributed by atoms with van der Waals surface area (Å²) in [6.07, 6.45) is 1.70. The fraction of sp³-hybridized carbons (Fsp3) is 0.0769. The highest BCUT2D eigenvalue weighted by atomic mass is 79.9. The quantitative estimate of drug-likeness (QED) is 0.141. The van der Waals surface area contributed by atoms with Crippen LogP contribution in [0.1, 0.15) is 11.1 Å². The summed E-state index contributed by atoms with van der Waals surface area (Å²) in [5.41, 5.74) is 4.85. The Balaban J connectivity index is 0.000000241. The normalized spacial score (nSPS) is 10.8. The zero-order chi connectivity index (χ0) is 28.3. The molecule has 4 aromatic rings. The predicted molar refractivity (Wildman–Crippen MR) is 205 cm³/mol. The Hall–Kier alpha value is 2.64. The molecule has 0 N–H and O–H groups in total. The van der Waals surface area contributed by atoms with E-state index in [4.69, 9.17) is 0 Å². The van der Waals surface area contributed by atoms with Crippen LogP contribution in [-0.2, 0) is 12.8 Å². The molecule has 0 saturated heterocycles. The van der Waals surface area contributed by atoms with Crippen molar-refractivity contribution in [1.82, 2.24) is 0 Å². The number of halogens is 12. The number of hydrogen-bond acceptors (Lipinski definition) is 0. The van der Waals surface area contributed by atoms with Gasteiger partial charge in [-0.25, -0.2) is 0 Å². The largest absolute Gasteiger partial charge is 0.0533 e. The smallest absolute Gasteiger partial charge is 0.0482 e. The molecule has 0 aliphatic heterocycles. The van der Waals surface area contributed by atoms with Gasteiger partial charge in [-0.15, -0.1) is 0 Å². The second kappa shape index (κ2) is 16.1. The lowest BCUT2D eigenvalue weighted by atomic mass is 10.0. The number of benzene rings is 4. The van der Waals surface area contributed by atoms with Gasteiger partial charge in [0.15, 0.2) is 0 Å². The summed E-state index contributed by atoms with van der Waals surface area (Å²) in [5, 5.41) is 0. The van der Waals surface area contributed by atoms with Crippen molar-refractivity contribution in [2.24, 2.45) is 0 Å². The third-order valence-corrected chi connectivity index (χ3v) is 18.8. The van der Waals surface area contributed by atoms with Gasteiger partial charge in [-0.1, -0.05) is 56.1 Å². The van der Waals surface area contributed by atoms with Crippen LogP contribution in [-0.4, -0.2) is 0 Å². The van der Waals surface area contributed by atoms with Gasteiger partial charge < -0.3 is 0 Å². The maximum atomic E-state index is 3.69. The van der Waals surface area contributed by atoms with E-state index in [1.54, 1.807) is 0 Å². The molecule has 200 valence electrons. The Kier molecular flexibility index (Phi) is 14.9. The highest BCUT2D eigenvalue weighted by Gasteiger charge is 2.21. The van der Waals surface area contributed by atoms with Crippen LogP contribution in [0.5, 0.6) is 0 Å². The van der Waals surface area contributed by atoms with Gasteiger partial charge in [0.2, 0.25) is 0 Å². The van der Waals surface area contributed by atoms with Gasteiger partial charge in [0, 0.05) is 53.7 Å². The van der Waals surface area contributed by atoms with Crippen molar-refractivity contribution in [3.8, 4) is 11.1 Å². The molecule has 0 atom stereocenters. The Morgan fingerprint density at radius 1 is 0.289 bits per heavy atom. The molecule has 0 spiro atoms. The molecule has 0 aliphatic rings. The highest BCUT2D eigenvalue weighted by molar-refractivity contribution is 9.16. The molecule has 0 amide bonds. The minimum atomic E-state index is 0.851. The van der Waals surface area contributed by atoms with E-state index in [1.807, 2.05) is 0 Å². The van der Waals surface area contributed by atoms with Gasteiger partial charge in [0.05, 0.1) is 0 Å². The highest BCUT2D eigenvalue weighted by Crippen LogP contribution is 2.47. The summed E-state index contributed by atoms with van der Waals surface area (Å²) in [5.74, 6) is 0. The summed E-state index contributed by atoms with van der Waals surface area (Å²) < 4.78 is 12.3. The molecule has 4 rings (SSSR count). The minimum Gasteiger partial charge on any atom is -0.0533 e. The van der Waals surface area contributed by atoms with Gasteiger partial charge >= 0.3 is 0 Å². The first kappa shape index (κ1) is 35.1. The molecule has 0 bridgehead atoms. The van der Waals surface area contributed by atoms with Crippen molar-refractivity contribution in [3.63, 3.8) is 0 Å². The average molecular weight is 1280 g/mol. The first-order valence-corrected chi connectivity index (χ1v) is 19.9. The SMILES string of the molecule is Brc1c(Br)c(Br)c(CCc2c(Br)c(Br)c(Br)c(Br)c2Br)c(Br)c1Br.Brc1ccc(-c2ccc(Br)cc2)cc1. The van der Waals surface area contributed by atoms with E-state index < -0.39 is 0 Å².